The van der Waals surface area contributed by atoms with E-state index in [0.29, 0.717) is 10.8 Å². The third-order valence-corrected chi connectivity index (χ3v) is 7.19. The first-order valence-corrected chi connectivity index (χ1v) is 13.0. The molecule has 34 heavy (non-hydrogen) atoms. The lowest BCUT2D eigenvalue weighted by atomic mass is 10.1. The Labute approximate surface area is 203 Å². The summed E-state index contributed by atoms with van der Waals surface area (Å²) in [5.74, 6) is -0.229. The number of carbonyl (C=O) groups excluding carboxylic acids is 1. The first-order valence-electron chi connectivity index (χ1n) is 10.5. The van der Waals surface area contributed by atoms with Gasteiger partial charge in [0.2, 0.25) is 15.9 Å². The minimum Gasteiger partial charge on any atom is -0.325 e. The van der Waals surface area contributed by atoms with Crippen molar-refractivity contribution in [2.24, 2.45) is 5.14 Å². The summed E-state index contributed by atoms with van der Waals surface area (Å²) in [5.41, 5.74) is 4.56. The number of benzene rings is 3. The van der Waals surface area contributed by atoms with Crippen LogP contribution in [0.4, 0.5) is 5.69 Å². The molecule has 0 bridgehead atoms. The average molecular weight is 493 g/mol. The number of amides is 1. The van der Waals surface area contributed by atoms with E-state index in [1.165, 1.54) is 41.6 Å². The summed E-state index contributed by atoms with van der Waals surface area (Å²) in [6.07, 6.45) is 1.82. The van der Waals surface area contributed by atoms with Crippen LogP contribution in [0.1, 0.15) is 12.5 Å². The third-order valence-electron chi connectivity index (χ3n) is 5.19. The van der Waals surface area contributed by atoms with Gasteiger partial charge in [-0.25, -0.2) is 18.5 Å². The molecule has 1 aromatic heterocycles. The van der Waals surface area contributed by atoms with E-state index in [0.717, 1.165) is 16.9 Å². The zero-order valence-corrected chi connectivity index (χ0v) is 20.3. The van der Waals surface area contributed by atoms with Gasteiger partial charge in [0.15, 0.2) is 5.16 Å². The zero-order valence-electron chi connectivity index (χ0n) is 18.7. The highest BCUT2D eigenvalue weighted by atomic mass is 32.2. The SMILES string of the molecule is Cc1ccc(-c2cnc(S[C@H](C)C(=O)Nc3ccc(S(N)(=O)=O)cc3)n2-c2ccccc2)cc1. The molecule has 9 heteroatoms. The molecule has 1 amide bonds. The van der Waals surface area contributed by atoms with Crippen molar-refractivity contribution in [2.75, 3.05) is 5.32 Å². The van der Waals surface area contributed by atoms with E-state index in [-0.39, 0.29) is 10.8 Å². The van der Waals surface area contributed by atoms with Crippen LogP contribution in [0.2, 0.25) is 0 Å². The Kier molecular flexibility index (Phi) is 6.87. The van der Waals surface area contributed by atoms with E-state index in [9.17, 15) is 13.2 Å². The number of nitrogens with zero attached hydrogens (tertiary/aromatic N) is 2. The number of hydrogen-bond acceptors (Lipinski definition) is 5. The maximum Gasteiger partial charge on any atom is 0.238 e. The van der Waals surface area contributed by atoms with Crippen molar-refractivity contribution in [3.63, 3.8) is 0 Å². The van der Waals surface area contributed by atoms with Crippen molar-refractivity contribution in [3.8, 4) is 16.9 Å². The molecule has 0 aliphatic carbocycles. The molecule has 0 unspecified atom stereocenters. The molecule has 4 rings (SSSR count). The number of thioether (sulfide) groups is 1. The van der Waals surface area contributed by atoms with Crippen LogP contribution in [0.3, 0.4) is 0 Å². The van der Waals surface area contributed by atoms with Gasteiger partial charge < -0.3 is 5.32 Å². The number of anilines is 1. The van der Waals surface area contributed by atoms with Gasteiger partial charge in [-0.2, -0.15) is 0 Å². The Morgan fingerprint density at radius 3 is 2.26 bits per heavy atom. The first kappa shape index (κ1) is 23.7. The van der Waals surface area contributed by atoms with Crippen molar-refractivity contribution < 1.29 is 13.2 Å². The summed E-state index contributed by atoms with van der Waals surface area (Å²) in [7, 11) is -3.79. The molecule has 0 radical (unpaired) electrons. The molecule has 0 aliphatic heterocycles. The molecule has 1 atom stereocenters. The van der Waals surface area contributed by atoms with Gasteiger partial charge in [0.05, 0.1) is 22.0 Å². The molecule has 7 nitrogen and oxygen atoms in total. The summed E-state index contributed by atoms with van der Waals surface area (Å²) in [4.78, 5) is 17.5. The van der Waals surface area contributed by atoms with Gasteiger partial charge >= 0.3 is 0 Å². The molecule has 0 aliphatic rings. The van der Waals surface area contributed by atoms with Crippen LogP contribution in [0, 0.1) is 6.92 Å². The first-order chi connectivity index (χ1) is 16.2. The van der Waals surface area contributed by atoms with Crippen molar-refractivity contribution in [3.05, 3.63) is 90.6 Å². The number of imidazole rings is 1. The van der Waals surface area contributed by atoms with E-state index < -0.39 is 15.3 Å². The predicted molar refractivity (Wildman–Crippen MR) is 136 cm³/mol. The highest BCUT2D eigenvalue weighted by Gasteiger charge is 2.21. The van der Waals surface area contributed by atoms with Gasteiger partial charge in [-0.15, -0.1) is 0 Å². The Morgan fingerprint density at radius 1 is 1.00 bits per heavy atom. The summed E-state index contributed by atoms with van der Waals surface area (Å²) >= 11 is 1.34. The van der Waals surface area contributed by atoms with Crippen LogP contribution in [0.5, 0.6) is 0 Å². The van der Waals surface area contributed by atoms with Gasteiger partial charge in [-0.3, -0.25) is 9.36 Å². The Balaban J connectivity index is 1.58. The van der Waals surface area contributed by atoms with E-state index in [1.807, 2.05) is 48.0 Å². The fourth-order valence-corrected chi connectivity index (χ4v) is 4.78. The normalized spacial score (nSPS) is 12.3. The number of para-hydroxylation sites is 1. The molecular weight excluding hydrogens is 468 g/mol. The van der Waals surface area contributed by atoms with Crippen LogP contribution in [0.15, 0.2) is 95.1 Å². The average Bonchev–Trinajstić information content (AvgIpc) is 3.23. The Morgan fingerprint density at radius 2 is 1.65 bits per heavy atom. The van der Waals surface area contributed by atoms with Gasteiger partial charge in [-0.05, 0) is 50.2 Å². The number of nitrogens with one attached hydrogen (secondary N) is 1. The second-order valence-corrected chi connectivity index (χ2v) is 10.7. The van der Waals surface area contributed by atoms with Gasteiger partial charge in [-0.1, -0.05) is 59.8 Å². The topological polar surface area (TPSA) is 107 Å². The van der Waals surface area contributed by atoms with Crippen LogP contribution in [0.25, 0.3) is 16.9 Å². The summed E-state index contributed by atoms with van der Waals surface area (Å²) in [5, 5.41) is 8.16. The number of hydrogen-bond donors (Lipinski definition) is 2. The number of aromatic nitrogens is 2. The number of nitrogens with two attached hydrogens (primary N) is 1. The fraction of sp³-hybridized carbons (Fsp3) is 0.120. The third kappa shape index (κ3) is 5.39. The molecular formula is C25H24N4O3S2. The minimum absolute atomic E-state index is 0.0125. The molecule has 0 spiro atoms. The fourth-order valence-electron chi connectivity index (χ4n) is 3.36. The Hall–Kier alpha value is -3.40. The van der Waals surface area contributed by atoms with Crippen LogP contribution >= 0.6 is 11.8 Å². The number of primary sulfonamides is 1. The van der Waals surface area contributed by atoms with E-state index in [2.05, 4.69) is 34.6 Å². The predicted octanol–water partition coefficient (Wildman–Crippen LogP) is 4.61. The van der Waals surface area contributed by atoms with E-state index in [4.69, 9.17) is 5.14 Å². The van der Waals surface area contributed by atoms with Gasteiger partial charge in [0, 0.05) is 16.9 Å². The highest BCUT2D eigenvalue weighted by molar-refractivity contribution is 8.00. The summed E-state index contributed by atoms with van der Waals surface area (Å²) < 4.78 is 24.9. The Bertz CT molecular complexity index is 1400. The summed E-state index contributed by atoms with van der Waals surface area (Å²) in [6.45, 7) is 3.84. The quantitative estimate of drug-likeness (QED) is 0.366. The zero-order chi connectivity index (χ0) is 24.3. The number of aryl methyl sites for hydroxylation is 1. The van der Waals surface area contributed by atoms with E-state index in [1.54, 1.807) is 6.92 Å². The van der Waals surface area contributed by atoms with E-state index >= 15 is 0 Å². The molecule has 0 saturated carbocycles. The molecule has 0 saturated heterocycles. The van der Waals surface area contributed by atoms with Crippen LogP contribution in [-0.4, -0.2) is 29.1 Å². The molecule has 4 aromatic rings. The van der Waals surface area contributed by atoms with Crippen molar-refractivity contribution in [1.29, 1.82) is 0 Å². The molecule has 3 N–H and O–H groups in total. The molecule has 3 aromatic carbocycles. The highest BCUT2D eigenvalue weighted by Crippen LogP contribution is 2.32. The second kappa shape index (κ2) is 9.84. The monoisotopic (exact) mass is 492 g/mol. The maximum absolute atomic E-state index is 12.8. The molecule has 1 heterocycles. The van der Waals surface area contributed by atoms with Crippen LogP contribution in [-0.2, 0) is 14.8 Å². The minimum atomic E-state index is -3.79. The van der Waals surface area contributed by atoms with Crippen molar-refractivity contribution in [2.45, 2.75) is 29.1 Å². The largest absolute Gasteiger partial charge is 0.325 e. The number of carbonyl (C=O) groups is 1. The summed E-state index contributed by atoms with van der Waals surface area (Å²) in [6, 6.07) is 23.8. The van der Waals surface area contributed by atoms with Gasteiger partial charge in [0.1, 0.15) is 0 Å². The van der Waals surface area contributed by atoms with Gasteiger partial charge in [0.25, 0.3) is 0 Å². The molecule has 174 valence electrons. The molecule has 0 fully saturated rings. The second-order valence-electron chi connectivity index (χ2n) is 7.78. The number of sulfonamides is 1. The van der Waals surface area contributed by atoms with Crippen molar-refractivity contribution >= 4 is 33.4 Å². The van der Waals surface area contributed by atoms with Crippen molar-refractivity contribution in [1.82, 2.24) is 9.55 Å². The van der Waals surface area contributed by atoms with Crippen LogP contribution < -0.4 is 10.5 Å². The lowest BCUT2D eigenvalue weighted by Gasteiger charge is -2.15. The maximum atomic E-state index is 12.8. The standard InChI is InChI=1S/C25H24N4O3S2/c1-17-8-10-19(11-9-17)23-16-27-25(29(23)21-6-4-3-5-7-21)33-18(2)24(30)28-20-12-14-22(15-13-20)34(26,31)32/h3-16,18H,1-2H3,(H,28,30)(H2,26,31,32)/t18-/m1/s1. The lowest BCUT2D eigenvalue weighted by Crippen LogP contribution is -2.23. The number of rotatable bonds is 7. The smallest absolute Gasteiger partial charge is 0.238 e. The lowest BCUT2D eigenvalue weighted by molar-refractivity contribution is -0.115.